The van der Waals surface area contributed by atoms with Crippen molar-refractivity contribution in [3.8, 4) is 22.7 Å². The fourth-order valence-electron chi connectivity index (χ4n) is 18.1. The first kappa shape index (κ1) is 51.2. The Hall–Kier alpha value is -13.3. The zero-order valence-electron chi connectivity index (χ0n) is 52.2. The van der Waals surface area contributed by atoms with Crippen LogP contribution >= 0.6 is 0 Å². The van der Waals surface area contributed by atoms with Gasteiger partial charge in [0.15, 0.2) is 22.3 Å². The molecule has 6 heterocycles. The van der Waals surface area contributed by atoms with Crippen molar-refractivity contribution in [1.29, 1.82) is 0 Å². The molecule has 0 aliphatic rings. The third kappa shape index (κ3) is 6.44. The lowest BCUT2D eigenvalue weighted by Gasteiger charge is -2.21. The summed E-state index contributed by atoms with van der Waals surface area (Å²) in [5, 5.41) is 31.6. The molecule has 0 aliphatic heterocycles. The second-order valence-electron chi connectivity index (χ2n) is 26.7. The molecule has 8 nitrogen and oxygen atoms in total. The topological polar surface area (TPSA) is 71.8 Å². The van der Waals surface area contributed by atoms with E-state index in [2.05, 4.69) is 273 Å². The van der Waals surface area contributed by atoms with Gasteiger partial charge in [-0.25, -0.2) is 0 Å². The Morgan fingerprint density at radius 3 is 1.03 bits per heavy atom. The molecule has 6 aromatic heterocycles. The van der Waals surface area contributed by atoms with Crippen LogP contribution in [0.3, 0.4) is 0 Å². The minimum Gasteiger partial charge on any atom is -0.453 e. The third-order valence-corrected chi connectivity index (χ3v) is 22.0. The lowest BCUT2D eigenvalue weighted by molar-refractivity contribution is 0.654. The van der Waals surface area contributed by atoms with Gasteiger partial charge in [0.05, 0.1) is 79.3 Å². The van der Waals surface area contributed by atoms with Crippen LogP contribution in [0, 0.1) is 0 Å². The zero-order chi connectivity index (χ0) is 63.3. The van der Waals surface area contributed by atoms with Crippen LogP contribution in [-0.4, -0.2) is 28.2 Å². The van der Waals surface area contributed by atoms with Gasteiger partial charge in [0.1, 0.15) is 0 Å². The Labute approximate surface area is 554 Å². The first-order chi connectivity index (χ1) is 48.6. The number of pyridine rings is 2. The summed E-state index contributed by atoms with van der Waals surface area (Å²) in [4.78, 5) is 9.51. The standard InChI is InChI=1S/C90H48N6O2/c1-3-29-79-71(27-1)95(75-45-73-67(43-81(75)97-79)89-63-25-9-23-57-55-19-5-13-49-15-7-21-59(83(49)55)65(87(57)63)41-77(89)93(73)53-17-11-39-91-47-53)69-37-33-51-32-36-62-70(38-34-52-31-35-61(69)85(51)86(52)62)96-72-28-2-4-30-80(72)98-82-44-68-74(46-76(82)96)94(54-18-12-40-92-48-54)78-42-66-60-22-8-16-50-14-6-20-56(84(50)60)58-24-10-26-64(88(58)66)90(68)78/h1-48H. The number of hydrogen-bond donors (Lipinski definition) is 0. The van der Waals surface area contributed by atoms with Crippen LogP contribution in [0.2, 0.25) is 0 Å². The van der Waals surface area contributed by atoms with E-state index in [1.807, 2.05) is 36.9 Å². The van der Waals surface area contributed by atoms with E-state index in [1.165, 1.54) is 108 Å². The van der Waals surface area contributed by atoms with Crippen molar-refractivity contribution >= 4 is 207 Å². The molecule has 0 fully saturated rings. The van der Waals surface area contributed by atoms with Gasteiger partial charge in [0.2, 0.25) is 0 Å². The van der Waals surface area contributed by atoms with Gasteiger partial charge in [-0.15, -0.1) is 0 Å². The van der Waals surface area contributed by atoms with Crippen molar-refractivity contribution in [3.05, 3.63) is 292 Å². The van der Waals surface area contributed by atoms with E-state index >= 15 is 0 Å². The number of para-hydroxylation sites is 4. The number of hydrogen-bond acceptors (Lipinski definition) is 4. The molecule has 98 heavy (non-hydrogen) atoms. The fraction of sp³-hybridized carbons (Fsp3) is 0. The summed E-state index contributed by atoms with van der Waals surface area (Å²) in [7, 11) is 0. The lowest BCUT2D eigenvalue weighted by atomic mass is 9.88. The highest BCUT2D eigenvalue weighted by Gasteiger charge is 2.27. The van der Waals surface area contributed by atoms with Crippen LogP contribution in [0.5, 0.6) is 0 Å². The number of rotatable bonds is 4. The molecule has 8 heteroatoms. The first-order valence-corrected chi connectivity index (χ1v) is 33.5. The zero-order valence-corrected chi connectivity index (χ0v) is 52.2. The van der Waals surface area contributed by atoms with Gasteiger partial charge in [-0.2, -0.15) is 0 Å². The van der Waals surface area contributed by atoms with Crippen LogP contribution in [0.1, 0.15) is 0 Å². The summed E-state index contributed by atoms with van der Waals surface area (Å²) in [6.45, 7) is 0. The summed E-state index contributed by atoms with van der Waals surface area (Å²) in [6, 6.07) is 98.7. The molecule has 0 N–H and O–H groups in total. The van der Waals surface area contributed by atoms with Gasteiger partial charge < -0.3 is 27.1 Å². The normalized spacial score (nSPS) is 12.7. The Bertz CT molecular complexity index is 7260. The molecule has 24 aromatic rings. The Balaban J connectivity index is 0.779. The number of fused-ring (bicyclic) bond motifs is 16. The van der Waals surface area contributed by atoms with Gasteiger partial charge in [-0.05, 0) is 205 Å². The maximum absolute atomic E-state index is 7.20. The minimum absolute atomic E-state index is 0.784. The molecule has 0 spiro atoms. The van der Waals surface area contributed by atoms with Gasteiger partial charge in [-0.3, -0.25) is 9.97 Å². The van der Waals surface area contributed by atoms with E-state index in [0.717, 1.165) is 122 Å². The molecule has 0 amide bonds. The van der Waals surface area contributed by atoms with Gasteiger partial charge >= 0.3 is 0 Å². The monoisotopic (exact) mass is 1240 g/mol. The van der Waals surface area contributed by atoms with Crippen molar-refractivity contribution in [1.82, 2.24) is 28.2 Å². The van der Waals surface area contributed by atoms with Crippen molar-refractivity contribution in [3.63, 3.8) is 0 Å². The maximum atomic E-state index is 7.20. The highest BCUT2D eigenvalue weighted by Crippen LogP contribution is 2.51. The summed E-state index contributed by atoms with van der Waals surface area (Å²) >= 11 is 0. The van der Waals surface area contributed by atoms with E-state index in [4.69, 9.17) is 18.8 Å². The van der Waals surface area contributed by atoms with E-state index in [1.54, 1.807) is 0 Å². The van der Waals surface area contributed by atoms with E-state index in [-0.39, 0.29) is 0 Å². The molecule has 24 rings (SSSR count). The molecule has 0 saturated heterocycles. The molecular formula is C90H48N6O2. The summed E-state index contributed by atoms with van der Waals surface area (Å²) < 4.78 is 24.1. The van der Waals surface area contributed by atoms with Crippen molar-refractivity contribution < 1.29 is 8.83 Å². The van der Waals surface area contributed by atoms with Crippen molar-refractivity contribution in [2.75, 3.05) is 0 Å². The van der Waals surface area contributed by atoms with Crippen LogP contribution < -0.4 is 0 Å². The van der Waals surface area contributed by atoms with Crippen LogP contribution in [0.15, 0.2) is 301 Å². The average Bonchev–Trinajstić information content (AvgIpc) is 1.48. The molecule has 0 aliphatic carbocycles. The second-order valence-corrected chi connectivity index (χ2v) is 26.7. The van der Waals surface area contributed by atoms with E-state index < -0.39 is 0 Å². The molecular weight excluding hydrogens is 1200 g/mol. The van der Waals surface area contributed by atoms with Gasteiger partial charge in [0, 0.05) is 44.7 Å². The predicted molar refractivity (Wildman–Crippen MR) is 408 cm³/mol. The fourth-order valence-corrected chi connectivity index (χ4v) is 18.1. The molecule has 0 unspecified atom stereocenters. The summed E-state index contributed by atoms with van der Waals surface area (Å²) in [6.07, 6.45) is 7.69. The van der Waals surface area contributed by atoms with E-state index in [0.29, 0.717) is 0 Å². The SMILES string of the molecule is c1cncc(-n2c3cc4c(cc3c3c5cccc6c7cccc8cccc(c(cc32)c65)c87)oc2ccccc2n4-c2ccc3ccc4c(-n5c6ccccc6oc6cc7c8c9cccc%10c%11cccc%12cccc(c(cc8n(-c8cccnc8)c7cc65)c%109)c%12%11)ccc5ccc2c3c54)c1. The molecule has 0 radical (unpaired) electrons. The predicted octanol–water partition coefficient (Wildman–Crippen LogP) is 24.2. The lowest BCUT2D eigenvalue weighted by Crippen LogP contribution is -2.03. The highest BCUT2D eigenvalue weighted by atomic mass is 16.3. The number of aromatic nitrogens is 6. The summed E-state index contributed by atoms with van der Waals surface area (Å²) in [5.74, 6) is 0. The number of nitrogens with zero attached hydrogens (tertiary/aromatic N) is 6. The highest BCUT2D eigenvalue weighted by molar-refractivity contribution is 6.41. The Kier molecular flexibility index (Phi) is 9.57. The summed E-state index contributed by atoms with van der Waals surface area (Å²) in [5.41, 5.74) is 15.4. The quantitative estimate of drug-likeness (QED) is 0.130. The Morgan fingerprint density at radius 1 is 0.204 bits per heavy atom. The Morgan fingerprint density at radius 2 is 0.592 bits per heavy atom. The minimum atomic E-state index is 0.784. The van der Waals surface area contributed by atoms with Crippen LogP contribution in [0.25, 0.3) is 229 Å². The molecule has 0 saturated carbocycles. The molecule has 0 atom stereocenters. The van der Waals surface area contributed by atoms with Crippen molar-refractivity contribution in [2.24, 2.45) is 0 Å². The average molecular weight is 1250 g/mol. The first-order valence-electron chi connectivity index (χ1n) is 33.5. The molecule has 450 valence electrons. The molecule has 18 aromatic carbocycles. The molecule has 0 bridgehead atoms. The van der Waals surface area contributed by atoms with Gasteiger partial charge in [-0.1, -0.05) is 170 Å². The maximum Gasteiger partial charge on any atom is 0.152 e. The van der Waals surface area contributed by atoms with Gasteiger partial charge in [0.25, 0.3) is 0 Å². The smallest absolute Gasteiger partial charge is 0.152 e. The van der Waals surface area contributed by atoms with Crippen molar-refractivity contribution in [2.45, 2.75) is 0 Å². The third-order valence-electron chi connectivity index (χ3n) is 22.0. The largest absolute Gasteiger partial charge is 0.453 e. The van der Waals surface area contributed by atoms with E-state index in [9.17, 15) is 0 Å². The second kappa shape index (κ2) is 18.3. The van der Waals surface area contributed by atoms with Crippen LogP contribution in [-0.2, 0) is 0 Å². The number of benzene rings is 18. The van der Waals surface area contributed by atoms with Crippen LogP contribution in [0.4, 0.5) is 0 Å².